The number of nitrogens with two attached hydrogens (primary N) is 2. The first kappa shape index (κ1) is 25.5. The number of hydrogen-bond donors (Lipinski definition) is 6. The van der Waals surface area contributed by atoms with E-state index in [0.717, 1.165) is 24.9 Å². The van der Waals surface area contributed by atoms with Gasteiger partial charge in [0.25, 0.3) is 0 Å². The second-order valence-electron chi connectivity index (χ2n) is 6.73. The largest absolute Gasteiger partial charge is 0.480 e. The molecule has 0 spiro atoms. The maximum Gasteiger partial charge on any atom is 0.320 e. The third-order valence-electron chi connectivity index (χ3n) is 3.98. The lowest BCUT2D eigenvalue weighted by molar-refractivity contribution is -0.140. The smallest absolute Gasteiger partial charge is 0.320 e. The van der Waals surface area contributed by atoms with Crippen molar-refractivity contribution in [2.24, 2.45) is 17.4 Å². The van der Waals surface area contributed by atoms with E-state index in [4.69, 9.17) is 26.8 Å². The molecular formula is C19H31N3O6. The molecule has 8 N–H and O–H groups in total. The Hall–Kier alpha value is -2.49. The van der Waals surface area contributed by atoms with Crippen LogP contribution in [-0.2, 0) is 20.8 Å². The Morgan fingerprint density at radius 3 is 1.93 bits per heavy atom. The van der Waals surface area contributed by atoms with Crippen molar-refractivity contribution >= 4 is 17.9 Å². The van der Waals surface area contributed by atoms with Crippen molar-refractivity contribution in [2.45, 2.75) is 51.2 Å². The predicted octanol–water partition coefficient (Wildman–Crippen LogP) is 0.518. The molecule has 2 rings (SSSR count). The lowest BCUT2D eigenvalue weighted by Crippen LogP contribution is -2.34. The number of carbonyl (C=O) groups is 3. The fraction of sp³-hybridized carbons (Fsp3) is 0.526. The highest BCUT2D eigenvalue weighted by Gasteiger charge is 2.20. The Kier molecular flexibility index (Phi) is 12.4. The van der Waals surface area contributed by atoms with Crippen LogP contribution in [0.2, 0.25) is 0 Å². The fourth-order valence-electron chi connectivity index (χ4n) is 2.14. The predicted molar refractivity (Wildman–Crippen MR) is 105 cm³/mol. The van der Waals surface area contributed by atoms with Crippen LogP contribution in [0.15, 0.2) is 30.3 Å². The summed E-state index contributed by atoms with van der Waals surface area (Å²) in [5, 5.41) is 28.0. The van der Waals surface area contributed by atoms with Gasteiger partial charge in [-0.15, -0.1) is 0 Å². The van der Waals surface area contributed by atoms with Crippen LogP contribution in [0.5, 0.6) is 0 Å². The van der Waals surface area contributed by atoms with Crippen LogP contribution < -0.4 is 16.8 Å². The molecule has 0 aliphatic carbocycles. The summed E-state index contributed by atoms with van der Waals surface area (Å²) in [5.74, 6) is -2.59. The summed E-state index contributed by atoms with van der Waals surface area (Å²) in [6.07, 6.45) is 2.17. The topological polar surface area (TPSA) is 176 Å². The van der Waals surface area contributed by atoms with Crippen LogP contribution in [0.25, 0.3) is 0 Å². The number of rotatable bonds is 6. The first-order valence-corrected chi connectivity index (χ1v) is 9.03. The Morgan fingerprint density at radius 2 is 1.64 bits per heavy atom. The van der Waals surface area contributed by atoms with Gasteiger partial charge in [-0.25, -0.2) is 0 Å². The molecule has 9 nitrogen and oxygen atoms in total. The molecule has 1 aliphatic heterocycles. The first-order valence-electron chi connectivity index (χ1n) is 9.03. The molecule has 0 amide bonds. The minimum atomic E-state index is -0.959. The summed E-state index contributed by atoms with van der Waals surface area (Å²) in [6.45, 7) is 4.41. The van der Waals surface area contributed by atoms with Gasteiger partial charge < -0.3 is 32.1 Å². The van der Waals surface area contributed by atoms with Crippen LogP contribution >= 0.6 is 0 Å². The molecule has 0 radical (unpaired) electrons. The number of carboxylic acid groups (broad SMARTS) is 3. The van der Waals surface area contributed by atoms with Crippen molar-refractivity contribution in [1.82, 2.24) is 5.32 Å². The second kappa shape index (κ2) is 13.6. The number of benzene rings is 1. The van der Waals surface area contributed by atoms with Crippen LogP contribution in [0, 0.1) is 5.92 Å². The van der Waals surface area contributed by atoms with Crippen molar-refractivity contribution in [3.05, 3.63) is 35.9 Å². The number of hydrogen-bond acceptors (Lipinski definition) is 6. The Morgan fingerprint density at radius 1 is 1.07 bits per heavy atom. The second-order valence-corrected chi connectivity index (χ2v) is 6.73. The molecule has 1 heterocycles. The third-order valence-corrected chi connectivity index (χ3v) is 3.98. The normalized spacial score (nSPS) is 17.4. The summed E-state index contributed by atoms with van der Waals surface area (Å²) in [5.41, 5.74) is 11.5. The molecule has 28 heavy (non-hydrogen) atoms. The molecule has 158 valence electrons. The van der Waals surface area contributed by atoms with Crippen LogP contribution in [0.4, 0.5) is 0 Å². The first-order chi connectivity index (χ1) is 13.1. The van der Waals surface area contributed by atoms with Crippen LogP contribution in [-0.4, -0.2) is 57.9 Å². The van der Waals surface area contributed by atoms with Crippen molar-refractivity contribution in [3.63, 3.8) is 0 Å². The van der Waals surface area contributed by atoms with Gasteiger partial charge in [0.15, 0.2) is 0 Å². The van der Waals surface area contributed by atoms with Gasteiger partial charge in [0.05, 0.1) is 0 Å². The summed E-state index contributed by atoms with van der Waals surface area (Å²) in [6, 6.07) is 7.56. The highest BCUT2D eigenvalue weighted by molar-refractivity contribution is 5.74. The van der Waals surface area contributed by atoms with Gasteiger partial charge in [-0.2, -0.15) is 0 Å². The van der Waals surface area contributed by atoms with Crippen molar-refractivity contribution in [1.29, 1.82) is 0 Å². The van der Waals surface area contributed by atoms with Crippen LogP contribution in [0.1, 0.15) is 32.3 Å². The third kappa shape index (κ3) is 11.3. The van der Waals surface area contributed by atoms with Gasteiger partial charge in [0, 0.05) is 0 Å². The van der Waals surface area contributed by atoms with Gasteiger partial charge in [0.1, 0.15) is 18.1 Å². The molecule has 3 atom stereocenters. The van der Waals surface area contributed by atoms with E-state index < -0.39 is 30.0 Å². The van der Waals surface area contributed by atoms with Gasteiger partial charge in [-0.1, -0.05) is 44.2 Å². The summed E-state index contributed by atoms with van der Waals surface area (Å²) in [4.78, 5) is 30.5. The highest BCUT2D eigenvalue weighted by atomic mass is 16.4. The number of aliphatic carboxylic acids is 3. The molecule has 1 aliphatic rings. The Balaban J connectivity index is 0.000000405. The summed E-state index contributed by atoms with van der Waals surface area (Å²) in [7, 11) is 0. The summed E-state index contributed by atoms with van der Waals surface area (Å²) < 4.78 is 0. The van der Waals surface area contributed by atoms with E-state index in [0.29, 0.717) is 6.42 Å². The monoisotopic (exact) mass is 397 g/mol. The molecule has 1 aromatic rings. The van der Waals surface area contributed by atoms with Gasteiger partial charge >= 0.3 is 17.9 Å². The number of carboxylic acids is 3. The molecule has 1 fully saturated rings. The van der Waals surface area contributed by atoms with Crippen molar-refractivity contribution in [3.8, 4) is 0 Å². The van der Waals surface area contributed by atoms with E-state index in [9.17, 15) is 14.4 Å². The lowest BCUT2D eigenvalue weighted by Gasteiger charge is -2.07. The van der Waals surface area contributed by atoms with Crippen molar-refractivity contribution < 1.29 is 29.7 Å². The van der Waals surface area contributed by atoms with E-state index in [1.165, 1.54) is 0 Å². The molecule has 0 aromatic heterocycles. The number of nitrogens with one attached hydrogen (secondary N) is 1. The molecule has 0 saturated carbocycles. The Labute approximate surface area is 164 Å². The standard InChI is InChI=1S/C9H11NO2.C5H9NO2.C5H11NO2/c10-8(9(11)12)6-7-4-2-1-3-5-7;7-5(8)4-2-1-3-6-4;1-3(2)4(6)5(7)8/h1-5,8H,6,10H2,(H,11,12);4,6H,1-3H2,(H,7,8);3-4H,6H2,1-2H3,(H,7,8)/t;4-;/m.0./s1. The molecular weight excluding hydrogens is 366 g/mol. The molecule has 2 unspecified atom stereocenters. The van der Waals surface area contributed by atoms with E-state index in [2.05, 4.69) is 5.32 Å². The maximum absolute atomic E-state index is 10.4. The van der Waals surface area contributed by atoms with E-state index in [1.54, 1.807) is 13.8 Å². The van der Waals surface area contributed by atoms with Crippen LogP contribution in [0.3, 0.4) is 0 Å². The van der Waals surface area contributed by atoms with Gasteiger partial charge in [-0.3, -0.25) is 14.4 Å². The zero-order valence-corrected chi connectivity index (χ0v) is 16.2. The zero-order chi connectivity index (χ0) is 21.7. The van der Waals surface area contributed by atoms with E-state index in [1.807, 2.05) is 30.3 Å². The maximum atomic E-state index is 10.4. The molecule has 1 aromatic carbocycles. The van der Waals surface area contributed by atoms with E-state index in [-0.39, 0.29) is 12.0 Å². The van der Waals surface area contributed by atoms with Crippen molar-refractivity contribution in [2.75, 3.05) is 6.54 Å². The summed E-state index contributed by atoms with van der Waals surface area (Å²) >= 11 is 0. The lowest BCUT2D eigenvalue weighted by atomic mass is 10.1. The average molecular weight is 397 g/mol. The molecule has 1 saturated heterocycles. The average Bonchev–Trinajstić information content (AvgIpc) is 3.17. The molecule has 9 heteroatoms. The van der Waals surface area contributed by atoms with Gasteiger partial charge in [0.2, 0.25) is 0 Å². The molecule has 0 bridgehead atoms. The quantitative estimate of drug-likeness (QED) is 0.399. The minimum absolute atomic E-state index is 0.0208. The van der Waals surface area contributed by atoms with Gasteiger partial charge in [-0.05, 0) is 37.3 Å². The van der Waals surface area contributed by atoms with E-state index >= 15 is 0 Å². The zero-order valence-electron chi connectivity index (χ0n) is 16.2. The highest BCUT2D eigenvalue weighted by Crippen LogP contribution is 2.03. The minimum Gasteiger partial charge on any atom is -0.480 e. The Bertz CT molecular complexity index is 591. The SMILES string of the molecule is CC(C)C(N)C(=O)O.NC(Cc1ccccc1)C(=O)O.O=C(O)[C@@H]1CCCN1. The fourth-order valence-corrected chi connectivity index (χ4v) is 2.14.